The van der Waals surface area contributed by atoms with Gasteiger partial charge in [0.05, 0.1) is 5.02 Å². The SMILES string of the molecule is NCC1(c2ccc(SC3CC3)c(Cl)c2)CCCCC1. The first-order chi connectivity index (χ1) is 9.23. The van der Waals surface area contributed by atoms with Crippen LogP contribution in [0.15, 0.2) is 23.1 Å². The first-order valence-electron chi connectivity index (χ1n) is 7.40. The Balaban J connectivity index is 1.84. The van der Waals surface area contributed by atoms with E-state index in [0.717, 1.165) is 16.8 Å². The largest absolute Gasteiger partial charge is 0.330 e. The van der Waals surface area contributed by atoms with Crippen molar-refractivity contribution in [3.05, 3.63) is 28.8 Å². The van der Waals surface area contributed by atoms with E-state index in [9.17, 15) is 0 Å². The number of nitrogens with two attached hydrogens (primary N) is 1. The monoisotopic (exact) mass is 295 g/mol. The Hall–Kier alpha value is -0.180. The highest BCUT2D eigenvalue weighted by atomic mass is 35.5. The molecule has 3 rings (SSSR count). The summed E-state index contributed by atoms with van der Waals surface area (Å²) in [4.78, 5) is 1.25. The van der Waals surface area contributed by atoms with Crippen molar-refractivity contribution in [2.45, 2.75) is 60.5 Å². The molecule has 2 saturated carbocycles. The second-order valence-corrected chi connectivity index (χ2v) is 7.76. The maximum Gasteiger partial charge on any atom is 0.0544 e. The lowest BCUT2D eigenvalue weighted by molar-refractivity contribution is 0.300. The highest BCUT2D eigenvalue weighted by Gasteiger charge is 2.33. The number of hydrogen-bond donors (Lipinski definition) is 1. The summed E-state index contributed by atoms with van der Waals surface area (Å²) in [5.74, 6) is 0. The minimum Gasteiger partial charge on any atom is -0.330 e. The van der Waals surface area contributed by atoms with Gasteiger partial charge in [-0.25, -0.2) is 0 Å². The average Bonchev–Trinajstić information content (AvgIpc) is 3.26. The zero-order valence-electron chi connectivity index (χ0n) is 11.3. The molecule has 2 aliphatic carbocycles. The normalized spacial score (nSPS) is 22.4. The summed E-state index contributed by atoms with van der Waals surface area (Å²) in [6, 6.07) is 6.67. The lowest BCUT2D eigenvalue weighted by Gasteiger charge is -2.37. The van der Waals surface area contributed by atoms with Crippen molar-refractivity contribution < 1.29 is 0 Å². The van der Waals surface area contributed by atoms with Crippen molar-refractivity contribution >= 4 is 23.4 Å². The molecule has 0 spiro atoms. The maximum absolute atomic E-state index is 6.48. The summed E-state index contributed by atoms with van der Waals surface area (Å²) in [6.45, 7) is 0.748. The molecule has 19 heavy (non-hydrogen) atoms. The minimum atomic E-state index is 0.185. The molecule has 1 nitrogen and oxygen atoms in total. The van der Waals surface area contributed by atoms with Gasteiger partial charge < -0.3 is 5.73 Å². The van der Waals surface area contributed by atoms with Gasteiger partial charge in [0.15, 0.2) is 0 Å². The molecule has 3 heteroatoms. The van der Waals surface area contributed by atoms with E-state index in [1.807, 2.05) is 11.8 Å². The molecule has 2 fully saturated rings. The summed E-state index contributed by atoms with van der Waals surface area (Å²) in [7, 11) is 0. The fourth-order valence-electron chi connectivity index (χ4n) is 3.13. The summed E-state index contributed by atoms with van der Waals surface area (Å²) in [5.41, 5.74) is 7.65. The van der Waals surface area contributed by atoms with Crippen LogP contribution < -0.4 is 5.73 Å². The van der Waals surface area contributed by atoms with Gasteiger partial charge in [-0.2, -0.15) is 0 Å². The average molecular weight is 296 g/mol. The molecule has 2 N–H and O–H groups in total. The fourth-order valence-corrected chi connectivity index (χ4v) is 4.49. The summed E-state index contributed by atoms with van der Waals surface area (Å²) in [5, 5.41) is 1.73. The first-order valence-corrected chi connectivity index (χ1v) is 8.66. The van der Waals surface area contributed by atoms with Gasteiger partial charge in [0.1, 0.15) is 0 Å². The van der Waals surface area contributed by atoms with Crippen molar-refractivity contribution in [2.24, 2.45) is 5.73 Å². The van der Waals surface area contributed by atoms with Gasteiger partial charge in [-0.1, -0.05) is 36.9 Å². The zero-order valence-corrected chi connectivity index (χ0v) is 12.9. The Morgan fingerprint density at radius 3 is 2.53 bits per heavy atom. The van der Waals surface area contributed by atoms with Crippen LogP contribution >= 0.6 is 23.4 Å². The molecule has 0 amide bonds. The number of halogens is 1. The van der Waals surface area contributed by atoms with Gasteiger partial charge in [0, 0.05) is 22.1 Å². The predicted octanol–water partition coefficient (Wildman–Crippen LogP) is 4.76. The van der Waals surface area contributed by atoms with E-state index in [-0.39, 0.29) is 5.41 Å². The quantitative estimate of drug-likeness (QED) is 0.867. The summed E-state index contributed by atoms with van der Waals surface area (Å²) >= 11 is 8.41. The van der Waals surface area contributed by atoms with Crippen LogP contribution in [0.2, 0.25) is 5.02 Å². The number of hydrogen-bond acceptors (Lipinski definition) is 2. The molecular formula is C16H22ClNS. The minimum absolute atomic E-state index is 0.185. The molecule has 0 aromatic heterocycles. The van der Waals surface area contributed by atoms with E-state index >= 15 is 0 Å². The molecule has 0 aliphatic heterocycles. The third-order valence-electron chi connectivity index (χ3n) is 4.56. The van der Waals surface area contributed by atoms with Crippen molar-refractivity contribution in [2.75, 3.05) is 6.54 Å². The van der Waals surface area contributed by atoms with Crippen LogP contribution in [0.25, 0.3) is 0 Å². The van der Waals surface area contributed by atoms with Gasteiger partial charge in [-0.15, -0.1) is 11.8 Å². The van der Waals surface area contributed by atoms with Gasteiger partial charge in [-0.05, 0) is 43.4 Å². The fraction of sp³-hybridized carbons (Fsp3) is 0.625. The first kappa shape index (κ1) is 13.8. The summed E-state index contributed by atoms with van der Waals surface area (Å²) < 4.78 is 0. The van der Waals surface area contributed by atoms with Crippen molar-refractivity contribution in [1.82, 2.24) is 0 Å². The van der Waals surface area contributed by atoms with E-state index in [1.165, 1.54) is 55.4 Å². The van der Waals surface area contributed by atoms with E-state index in [2.05, 4.69) is 18.2 Å². The molecular weight excluding hydrogens is 274 g/mol. The Morgan fingerprint density at radius 2 is 1.95 bits per heavy atom. The van der Waals surface area contributed by atoms with Crippen LogP contribution in [0, 0.1) is 0 Å². The molecule has 1 aromatic carbocycles. The highest BCUT2D eigenvalue weighted by molar-refractivity contribution is 8.00. The Kier molecular flexibility index (Phi) is 4.11. The van der Waals surface area contributed by atoms with Crippen LogP contribution in [0.1, 0.15) is 50.5 Å². The lowest BCUT2D eigenvalue weighted by Crippen LogP contribution is -2.37. The summed E-state index contributed by atoms with van der Waals surface area (Å²) in [6.07, 6.45) is 9.07. The van der Waals surface area contributed by atoms with Gasteiger partial charge in [-0.3, -0.25) is 0 Å². The van der Waals surface area contributed by atoms with Crippen LogP contribution in [-0.2, 0) is 5.41 Å². The topological polar surface area (TPSA) is 26.0 Å². The van der Waals surface area contributed by atoms with E-state index in [4.69, 9.17) is 17.3 Å². The number of benzene rings is 1. The Morgan fingerprint density at radius 1 is 1.21 bits per heavy atom. The van der Waals surface area contributed by atoms with Gasteiger partial charge in [0.25, 0.3) is 0 Å². The number of thioether (sulfide) groups is 1. The van der Waals surface area contributed by atoms with Crippen LogP contribution in [-0.4, -0.2) is 11.8 Å². The van der Waals surface area contributed by atoms with Crippen molar-refractivity contribution in [3.8, 4) is 0 Å². The van der Waals surface area contributed by atoms with E-state index < -0.39 is 0 Å². The van der Waals surface area contributed by atoms with E-state index in [1.54, 1.807) is 0 Å². The van der Waals surface area contributed by atoms with Crippen LogP contribution in [0.5, 0.6) is 0 Å². The highest BCUT2D eigenvalue weighted by Crippen LogP contribution is 2.44. The van der Waals surface area contributed by atoms with E-state index in [0.29, 0.717) is 0 Å². The Bertz CT molecular complexity index is 450. The van der Waals surface area contributed by atoms with Crippen LogP contribution in [0.4, 0.5) is 0 Å². The lowest BCUT2D eigenvalue weighted by atomic mass is 9.69. The maximum atomic E-state index is 6.48. The number of rotatable bonds is 4. The second kappa shape index (κ2) is 5.67. The molecule has 0 saturated heterocycles. The van der Waals surface area contributed by atoms with Crippen molar-refractivity contribution in [1.29, 1.82) is 0 Å². The molecule has 0 atom stereocenters. The molecule has 0 unspecified atom stereocenters. The molecule has 0 radical (unpaired) electrons. The third-order valence-corrected chi connectivity index (χ3v) is 6.40. The van der Waals surface area contributed by atoms with Crippen LogP contribution in [0.3, 0.4) is 0 Å². The second-order valence-electron chi connectivity index (χ2n) is 6.01. The molecule has 0 heterocycles. The predicted molar refractivity (Wildman–Crippen MR) is 84.1 cm³/mol. The molecule has 104 valence electrons. The molecule has 2 aliphatic rings. The molecule has 0 bridgehead atoms. The zero-order chi connectivity index (χ0) is 13.3. The molecule has 1 aromatic rings. The standard InChI is InChI=1S/C16H22ClNS/c17-14-10-12(4-7-15(14)19-13-5-6-13)16(11-18)8-2-1-3-9-16/h4,7,10,13H,1-3,5-6,8-9,11,18H2. The van der Waals surface area contributed by atoms with Gasteiger partial charge in [0.2, 0.25) is 0 Å². The van der Waals surface area contributed by atoms with Crippen molar-refractivity contribution in [3.63, 3.8) is 0 Å². The Labute approximate surface area is 125 Å². The van der Waals surface area contributed by atoms with Gasteiger partial charge >= 0.3 is 0 Å². The smallest absolute Gasteiger partial charge is 0.0544 e. The third kappa shape index (κ3) is 2.96.